The van der Waals surface area contributed by atoms with Crippen LogP contribution in [0.3, 0.4) is 0 Å². The summed E-state index contributed by atoms with van der Waals surface area (Å²) in [6, 6.07) is 10.3. The first kappa shape index (κ1) is 14.8. The smallest absolute Gasteiger partial charge is 0.223 e. The highest BCUT2D eigenvalue weighted by atomic mass is 32.2. The number of nitrogens with zero attached hydrogens (tertiary/aromatic N) is 3. The summed E-state index contributed by atoms with van der Waals surface area (Å²) in [4.78, 5) is 15.7. The second kappa shape index (κ2) is 6.40. The Labute approximate surface area is 140 Å². The Morgan fingerprint density at radius 2 is 2.04 bits per heavy atom. The molecule has 0 spiro atoms. The quantitative estimate of drug-likeness (QED) is 0.811. The molecule has 2 aromatic rings. The summed E-state index contributed by atoms with van der Waals surface area (Å²) in [5.74, 6) is 1.11. The lowest BCUT2D eigenvalue weighted by Gasteiger charge is -2.28. The summed E-state index contributed by atoms with van der Waals surface area (Å²) in [6.07, 6.45) is 4.07. The van der Waals surface area contributed by atoms with Crippen LogP contribution in [-0.2, 0) is 30.7 Å². The van der Waals surface area contributed by atoms with E-state index in [0.717, 1.165) is 38.2 Å². The van der Waals surface area contributed by atoms with Gasteiger partial charge in [-0.1, -0.05) is 18.2 Å². The molecule has 23 heavy (non-hydrogen) atoms. The fourth-order valence-corrected chi connectivity index (χ4v) is 4.35. The molecule has 0 N–H and O–H groups in total. The van der Waals surface area contributed by atoms with Gasteiger partial charge in [-0.05, 0) is 37.0 Å². The molecule has 0 radical (unpaired) electrons. The first-order chi connectivity index (χ1) is 11.3. The van der Waals surface area contributed by atoms with Crippen LogP contribution in [0.4, 0.5) is 0 Å². The van der Waals surface area contributed by atoms with E-state index in [0.29, 0.717) is 6.42 Å². The van der Waals surface area contributed by atoms with Crippen LogP contribution in [-0.4, -0.2) is 32.9 Å². The summed E-state index contributed by atoms with van der Waals surface area (Å²) in [6.45, 7) is 2.39. The van der Waals surface area contributed by atoms with Gasteiger partial charge in [-0.25, -0.2) is 0 Å². The summed E-state index contributed by atoms with van der Waals surface area (Å²) in [5.41, 5.74) is 3.97. The molecule has 0 saturated heterocycles. The maximum atomic E-state index is 12.5. The van der Waals surface area contributed by atoms with E-state index < -0.39 is 0 Å². The topological polar surface area (TPSA) is 38.1 Å². The fraction of sp³-hybridized carbons (Fsp3) is 0.444. The average molecular weight is 327 g/mol. The molecule has 1 aliphatic heterocycles. The van der Waals surface area contributed by atoms with Crippen molar-refractivity contribution in [1.29, 1.82) is 0 Å². The van der Waals surface area contributed by atoms with Gasteiger partial charge in [0, 0.05) is 23.6 Å². The van der Waals surface area contributed by atoms with Crippen molar-refractivity contribution >= 4 is 17.7 Å². The van der Waals surface area contributed by atoms with Crippen LogP contribution in [0.15, 0.2) is 35.2 Å². The number of amides is 1. The second-order valence-electron chi connectivity index (χ2n) is 6.18. The van der Waals surface area contributed by atoms with E-state index in [2.05, 4.69) is 16.8 Å². The van der Waals surface area contributed by atoms with Gasteiger partial charge in [-0.2, -0.15) is 5.10 Å². The summed E-state index contributed by atoms with van der Waals surface area (Å²) in [7, 11) is 0. The first-order valence-corrected chi connectivity index (χ1v) is 9.33. The van der Waals surface area contributed by atoms with E-state index in [1.54, 1.807) is 11.8 Å². The number of fused-ring (bicyclic) bond motifs is 3. The lowest BCUT2D eigenvalue weighted by Crippen LogP contribution is -2.38. The Morgan fingerprint density at radius 1 is 1.17 bits per heavy atom. The molecule has 1 aromatic heterocycles. The zero-order chi connectivity index (χ0) is 15.6. The van der Waals surface area contributed by atoms with Crippen LogP contribution >= 0.6 is 11.8 Å². The lowest BCUT2D eigenvalue weighted by atomic mass is 10.1. The van der Waals surface area contributed by atoms with Gasteiger partial charge in [0.05, 0.1) is 24.5 Å². The average Bonchev–Trinajstić information content (AvgIpc) is 3.16. The zero-order valence-electron chi connectivity index (χ0n) is 13.2. The Balaban J connectivity index is 1.34. The van der Waals surface area contributed by atoms with Gasteiger partial charge in [0.1, 0.15) is 0 Å². The molecule has 1 amide bonds. The standard InChI is InChI=1S/C18H21N3OS/c22-18(9-12-23-14-5-2-1-3-6-14)20-10-11-21-17(13-20)15-7-4-8-16(15)19-21/h1-3,5-6H,4,7-13H2. The molecule has 120 valence electrons. The Hall–Kier alpha value is -1.75. The maximum absolute atomic E-state index is 12.5. The van der Waals surface area contributed by atoms with E-state index in [-0.39, 0.29) is 5.91 Å². The maximum Gasteiger partial charge on any atom is 0.223 e. The van der Waals surface area contributed by atoms with Crippen LogP contribution in [0.2, 0.25) is 0 Å². The first-order valence-electron chi connectivity index (χ1n) is 8.34. The summed E-state index contributed by atoms with van der Waals surface area (Å²) >= 11 is 1.76. The molecule has 5 heteroatoms. The fourth-order valence-electron chi connectivity index (χ4n) is 3.49. The highest BCUT2D eigenvalue weighted by Crippen LogP contribution is 2.28. The lowest BCUT2D eigenvalue weighted by molar-refractivity contribution is -0.132. The molecular formula is C18H21N3OS. The Kier molecular flexibility index (Phi) is 4.12. The highest BCUT2D eigenvalue weighted by molar-refractivity contribution is 7.99. The molecule has 2 heterocycles. The van der Waals surface area contributed by atoms with Crippen LogP contribution in [0.1, 0.15) is 29.8 Å². The Morgan fingerprint density at radius 3 is 2.91 bits per heavy atom. The number of rotatable bonds is 4. The minimum Gasteiger partial charge on any atom is -0.335 e. The minimum atomic E-state index is 0.271. The molecule has 1 aliphatic carbocycles. The number of benzene rings is 1. The molecule has 4 rings (SSSR count). The summed E-state index contributed by atoms with van der Waals surface area (Å²) in [5, 5.41) is 4.70. The molecule has 0 fully saturated rings. The van der Waals surface area contributed by atoms with E-state index in [1.807, 2.05) is 23.1 Å². The van der Waals surface area contributed by atoms with Crippen molar-refractivity contribution in [2.45, 2.75) is 43.7 Å². The molecule has 0 saturated carbocycles. The van der Waals surface area contributed by atoms with Crippen LogP contribution in [0.5, 0.6) is 0 Å². The van der Waals surface area contributed by atoms with Crippen LogP contribution in [0.25, 0.3) is 0 Å². The normalized spacial score (nSPS) is 16.3. The predicted molar refractivity (Wildman–Crippen MR) is 91.5 cm³/mol. The molecule has 2 aliphatic rings. The number of carbonyl (C=O) groups is 1. The molecule has 0 bridgehead atoms. The van der Waals surface area contributed by atoms with Gasteiger partial charge >= 0.3 is 0 Å². The SMILES string of the molecule is O=C(CCSc1ccccc1)N1CCn2nc3c(c2C1)CCC3. The molecule has 0 unspecified atom stereocenters. The van der Waals surface area contributed by atoms with Crippen molar-refractivity contribution in [3.8, 4) is 0 Å². The van der Waals surface area contributed by atoms with Crippen molar-refractivity contribution in [1.82, 2.24) is 14.7 Å². The number of carbonyl (C=O) groups excluding carboxylic acids is 1. The van der Waals surface area contributed by atoms with E-state index in [9.17, 15) is 4.79 Å². The van der Waals surface area contributed by atoms with Gasteiger partial charge in [0.25, 0.3) is 0 Å². The molecule has 0 atom stereocenters. The number of aromatic nitrogens is 2. The Bertz CT molecular complexity index is 711. The van der Waals surface area contributed by atoms with Crippen molar-refractivity contribution in [2.75, 3.05) is 12.3 Å². The second-order valence-corrected chi connectivity index (χ2v) is 7.34. The number of hydrogen-bond acceptors (Lipinski definition) is 3. The number of hydrogen-bond donors (Lipinski definition) is 0. The summed E-state index contributed by atoms with van der Waals surface area (Å²) < 4.78 is 2.13. The zero-order valence-corrected chi connectivity index (χ0v) is 14.0. The van der Waals surface area contributed by atoms with E-state index in [4.69, 9.17) is 5.10 Å². The number of aryl methyl sites for hydroxylation is 1. The largest absolute Gasteiger partial charge is 0.335 e. The number of thioether (sulfide) groups is 1. The van der Waals surface area contributed by atoms with E-state index in [1.165, 1.54) is 28.3 Å². The van der Waals surface area contributed by atoms with Crippen molar-refractivity contribution in [3.63, 3.8) is 0 Å². The third kappa shape index (κ3) is 3.02. The van der Waals surface area contributed by atoms with E-state index >= 15 is 0 Å². The monoisotopic (exact) mass is 327 g/mol. The molecule has 4 nitrogen and oxygen atoms in total. The van der Waals surface area contributed by atoms with Gasteiger partial charge in [0.2, 0.25) is 5.91 Å². The third-order valence-electron chi connectivity index (χ3n) is 4.69. The van der Waals surface area contributed by atoms with Gasteiger partial charge in [0.15, 0.2) is 0 Å². The highest BCUT2D eigenvalue weighted by Gasteiger charge is 2.28. The van der Waals surface area contributed by atoms with Crippen molar-refractivity contribution < 1.29 is 4.79 Å². The van der Waals surface area contributed by atoms with Crippen LogP contribution < -0.4 is 0 Å². The minimum absolute atomic E-state index is 0.271. The van der Waals surface area contributed by atoms with Crippen molar-refractivity contribution in [2.24, 2.45) is 0 Å². The molecular weight excluding hydrogens is 306 g/mol. The predicted octanol–water partition coefficient (Wildman–Crippen LogP) is 2.90. The van der Waals surface area contributed by atoms with Crippen LogP contribution in [0, 0.1) is 0 Å². The van der Waals surface area contributed by atoms with Crippen molar-refractivity contribution in [3.05, 3.63) is 47.3 Å². The van der Waals surface area contributed by atoms with Gasteiger partial charge < -0.3 is 4.90 Å². The van der Waals surface area contributed by atoms with Gasteiger partial charge in [-0.15, -0.1) is 11.8 Å². The van der Waals surface area contributed by atoms with Gasteiger partial charge in [-0.3, -0.25) is 9.48 Å². The molecule has 1 aromatic carbocycles. The third-order valence-corrected chi connectivity index (χ3v) is 5.71.